The summed E-state index contributed by atoms with van der Waals surface area (Å²) in [5, 5.41) is 0. The Morgan fingerprint density at radius 2 is 1.82 bits per heavy atom. The van der Waals surface area contributed by atoms with E-state index in [1.807, 2.05) is 9.80 Å². The Kier molecular flexibility index (Phi) is 4.44. The molecule has 1 aliphatic heterocycles. The van der Waals surface area contributed by atoms with Crippen molar-refractivity contribution in [1.82, 2.24) is 9.80 Å². The lowest BCUT2D eigenvalue weighted by Gasteiger charge is -2.53. The molecular formula is C17H28N2O3. The maximum absolute atomic E-state index is 12.8. The third-order valence-electron chi connectivity index (χ3n) is 5.67. The SMILES string of the molecule is CO[C@H](C(=O)N1CCN(C(C)=O)C2(CCCCC2)C1)C1CC1. The van der Waals surface area contributed by atoms with Crippen molar-refractivity contribution >= 4 is 11.8 Å². The Hall–Kier alpha value is -1.10. The van der Waals surface area contributed by atoms with E-state index in [4.69, 9.17) is 4.74 Å². The molecule has 3 aliphatic rings. The van der Waals surface area contributed by atoms with Gasteiger partial charge in [-0.15, -0.1) is 0 Å². The van der Waals surface area contributed by atoms with Gasteiger partial charge in [0, 0.05) is 33.7 Å². The monoisotopic (exact) mass is 308 g/mol. The van der Waals surface area contributed by atoms with Gasteiger partial charge in [-0.3, -0.25) is 9.59 Å². The fourth-order valence-corrected chi connectivity index (χ4v) is 4.37. The molecule has 3 rings (SSSR count). The molecule has 0 N–H and O–H groups in total. The third-order valence-corrected chi connectivity index (χ3v) is 5.67. The first-order chi connectivity index (χ1) is 10.6. The van der Waals surface area contributed by atoms with Crippen LogP contribution >= 0.6 is 0 Å². The second-order valence-corrected chi connectivity index (χ2v) is 7.21. The molecule has 2 aliphatic carbocycles. The van der Waals surface area contributed by atoms with Gasteiger partial charge in [-0.25, -0.2) is 0 Å². The Bertz CT molecular complexity index is 441. The first kappa shape index (κ1) is 15.8. The molecule has 0 unspecified atom stereocenters. The fourth-order valence-electron chi connectivity index (χ4n) is 4.37. The van der Waals surface area contributed by atoms with Crippen molar-refractivity contribution in [3.63, 3.8) is 0 Å². The molecule has 2 saturated carbocycles. The molecular weight excluding hydrogens is 280 g/mol. The van der Waals surface area contributed by atoms with Gasteiger partial charge in [-0.05, 0) is 31.6 Å². The van der Waals surface area contributed by atoms with Crippen LogP contribution in [0.5, 0.6) is 0 Å². The molecule has 0 radical (unpaired) electrons. The smallest absolute Gasteiger partial charge is 0.252 e. The molecule has 124 valence electrons. The van der Waals surface area contributed by atoms with Crippen LogP contribution in [0.1, 0.15) is 51.9 Å². The normalized spacial score (nSPS) is 26.1. The molecule has 1 spiro atoms. The Morgan fingerprint density at radius 1 is 1.14 bits per heavy atom. The van der Waals surface area contributed by atoms with E-state index in [9.17, 15) is 9.59 Å². The average molecular weight is 308 g/mol. The number of nitrogens with zero attached hydrogens (tertiary/aromatic N) is 2. The lowest BCUT2D eigenvalue weighted by atomic mass is 9.78. The second-order valence-electron chi connectivity index (χ2n) is 7.21. The minimum Gasteiger partial charge on any atom is -0.371 e. The van der Waals surface area contributed by atoms with E-state index in [1.54, 1.807) is 14.0 Å². The zero-order valence-corrected chi connectivity index (χ0v) is 13.8. The highest BCUT2D eigenvalue weighted by Gasteiger charge is 2.47. The maximum Gasteiger partial charge on any atom is 0.252 e. The van der Waals surface area contributed by atoms with Crippen LogP contribution in [-0.2, 0) is 14.3 Å². The van der Waals surface area contributed by atoms with Crippen LogP contribution in [0.2, 0.25) is 0 Å². The van der Waals surface area contributed by atoms with E-state index in [1.165, 1.54) is 6.42 Å². The van der Waals surface area contributed by atoms with Crippen molar-refractivity contribution < 1.29 is 14.3 Å². The van der Waals surface area contributed by atoms with Crippen LogP contribution < -0.4 is 0 Å². The van der Waals surface area contributed by atoms with Crippen LogP contribution in [-0.4, -0.2) is 60.0 Å². The number of piperazine rings is 1. The summed E-state index contributed by atoms with van der Waals surface area (Å²) in [5.74, 6) is 0.697. The van der Waals surface area contributed by atoms with Crippen molar-refractivity contribution in [2.24, 2.45) is 5.92 Å². The highest BCUT2D eigenvalue weighted by atomic mass is 16.5. The first-order valence-corrected chi connectivity index (χ1v) is 8.67. The lowest BCUT2D eigenvalue weighted by Crippen LogP contribution is -2.66. The predicted octanol–water partition coefficient (Wildman–Crippen LogP) is 1.80. The molecule has 5 heteroatoms. The summed E-state index contributed by atoms with van der Waals surface area (Å²) < 4.78 is 5.47. The van der Waals surface area contributed by atoms with Crippen LogP contribution in [0.15, 0.2) is 0 Å². The summed E-state index contributed by atoms with van der Waals surface area (Å²) in [5.41, 5.74) is -0.125. The maximum atomic E-state index is 12.8. The Morgan fingerprint density at radius 3 is 2.36 bits per heavy atom. The molecule has 3 fully saturated rings. The molecule has 1 saturated heterocycles. The number of amides is 2. The number of hydrogen-bond donors (Lipinski definition) is 0. The third kappa shape index (κ3) is 2.87. The van der Waals surface area contributed by atoms with Gasteiger partial charge in [-0.2, -0.15) is 0 Å². The Labute approximate surface area is 133 Å². The van der Waals surface area contributed by atoms with Crippen molar-refractivity contribution in [2.45, 2.75) is 63.5 Å². The number of methoxy groups -OCH3 is 1. The largest absolute Gasteiger partial charge is 0.371 e. The average Bonchev–Trinajstić information content (AvgIpc) is 3.33. The molecule has 1 heterocycles. The predicted molar refractivity (Wildman–Crippen MR) is 83.3 cm³/mol. The van der Waals surface area contributed by atoms with Gasteiger partial charge < -0.3 is 14.5 Å². The number of carbonyl (C=O) groups is 2. The van der Waals surface area contributed by atoms with Crippen LogP contribution in [0, 0.1) is 5.92 Å². The summed E-state index contributed by atoms with van der Waals surface area (Å²) in [6.07, 6.45) is 7.53. The lowest BCUT2D eigenvalue weighted by molar-refractivity contribution is -0.156. The van der Waals surface area contributed by atoms with E-state index in [2.05, 4.69) is 0 Å². The molecule has 22 heavy (non-hydrogen) atoms. The standard InChI is InChI=1S/C17H28N2O3/c1-13(20)19-11-10-18(12-17(19)8-4-3-5-9-17)16(21)15(22-2)14-6-7-14/h14-15H,3-12H2,1-2H3/t15-/m0/s1. The van der Waals surface area contributed by atoms with E-state index >= 15 is 0 Å². The van der Waals surface area contributed by atoms with Crippen molar-refractivity contribution in [2.75, 3.05) is 26.7 Å². The number of rotatable bonds is 3. The van der Waals surface area contributed by atoms with Crippen LogP contribution in [0.4, 0.5) is 0 Å². The minimum atomic E-state index is -0.274. The van der Waals surface area contributed by atoms with Crippen molar-refractivity contribution in [3.05, 3.63) is 0 Å². The van der Waals surface area contributed by atoms with Gasteiger partial charge in [-0.1, -0.05) is 19.3 Å². The van der Waals surface area contributed by atoms with E-state index in [0.29, 0.717) is 25.6 Å². The van der Waals surface area contributed by atoms with Gasteiger partial charge in [0.25, 0.3) is 5.91 Å². The Balaban J connectivity index is 1.75. The highest BCUT2D eigenvalue weighted by Crippen LogP contribution is 2.39. The zero-order chi connectivity index (χ0) is 15.7. The highest BCUT2D eigenvalue weighted by molar-refractivity contribution is 5.82. The summed E-state index contributed by atoms with van der Waals surface area (Å²) in [6, 6.07) is 0. The van der Waals surface area contributed by atoms with Crippen LogP contribution in [0.25, 0.3) is 0 Å². The zero-order valence-electron chi connectivity index (χ0n) is 13.8. The summed E-state index contributed by atoms with van der Waals surface area (Å²) in [4.78, 5) is 28.9. The number of hydrogen-bond acceptors (Lipinski definition) is 3. The summed E-state index contributed by atoms with van der Waals surface area (Å²) >= 11 is 0. The topological polar surface area (TPSA) is 49.9 Å². The molecule has 0 bridgehead atoms. The number of carbonyl (C=O) groups excluding carboxylic acids is 2. The van der Waals surface area contributed by atoms with E-state index in [-0.39, 0.29) is 23.5 Å². The van der Waals surface area contributed by atoms with Gasteiger partial charge in [0.05, 0.1) is 5.54 Å². The fraction of sp³-hybridized carbons (Fsp3) is 0.882. The van der Waals surface area contributed by atoms with Gasteiger partial charge in [0.15, 0.2) is 0 Å². The molecule has 0 aromatic heterocycles. The summed E-state index contributed by atoms with van der Waals surface area (Å²) in [6.45, 7) is 3.67. The second kappa shape index (κ2) is 6.19. The minimum absolute atomic E-state index is 0.125. The first-order valence-electron chi connectivity index (χ1n) is 8.67. The molecule has 0 aromatic carbocycles. The molecule has 5 nitrogen and oxygen atoms in total. The quantitative estimate of drug-likeness (QED) is 0.799. The van der Waals surface area contributed by atoms with Crippen molar-refractivity contribution in [3.8, 4) is 0 Å². The molecule has 0 aromatic rings. The van der Waals surface area contributed by atoms with E-state index in [0.717, 1.165) is 38.5 Å². The van der Waals surface area contributed by atoms with Gasteiger partial charge >= 0.3 is 0 Å². The van der Waals surface area contributed by atoms with Crippen molar-refractivity contribution in [1.29, 1.82) is 0 Å². The molecule has 1 atom stereocenters. The summed E-state index contributed by atoms with van der Waals surface area (Å²) in [7, 11) is 1.64. The van der Waals surface area contributed by atoms with Gasteiger partial charge in [0.1, 0.15) is 6.10 Å². The number of ether oxygens (including phenoxy) is 1. The van der Waals surface area contributed by atoms with Gasteiger partial charge in [0.2, 0.25) is 5.91 Å². The van der Waals surface area contributed by atoms with E-state index < -0.39 is 0 Å². The molecule has 2 amide bonds. The van der Waals surface area contributed by atoms with Crippen LogP contribution in [0.3, 0.4) is 0 Å².